The molecule has 6 nitrogen and oxygen atoms in total. The Labute approximate surface area is 119 Å². The van der Waals surface area contributed by atoms with Crippen LogP contribution in [0.25, 0.3) is 0 Å². The maximum absolute atomic E-state index is 11.9. The van der Waals surface area contributed by atoms with Crippen LogP contribution in [0.2, 0.25) is 0 Å². The number of amides is 1. The van der Waals surface area contributed by atoms with Gasteiger partial charge in [0.2, 0.25) is 15.9 Å². The quantitative estimate of drug-likeness (QED) is 0.725. The molecule has 0 spiro atoms. The van der Waals surface area contributed by atoms with Gasteiger partial charge in [0.25, 0.3) is 0 Å². The van der Waals surface area contributed by atoms with Crippen molar-refractivity contribution in [3.8, 4) is 0 Å². The molecule has 0 atom stereocenters. The number of nitrogens with zero attached hydrogens (tertiary/aromatic N) is 1. The lowest BCUT2D eigenvalue weighted by Gasteiger charge is -2.19. The van der Waals surface area contributed by atoms with Gasteiger partial charge in [0.1, 0.15) is 0 Å². The largest absolute Gasteiger partial charge is 0.385 e. The second-order valence-electron chi connectivity index (χ2n) is 4.36. The van der Waals surface area contributed by atoms with Gasteiger partial charge < -0.3 is 10.1 Å². The number of methoxy groups -OCH3 is 1. The number of carbonyl (C=O) groups excluding carboxylic acids is 1. The number of sulfonamides is 1. The lowest BCUT2D eigenvalue weighted by Crippen LogP contribution is -2.38. The highest BCUT2D eigenvalue weighted by molar-refractivity contribution is 7.88. The third-order valence-corrected chi connectivity index (χ3v) is 3.85. The zero-order valence-electron chi connectivity index (χ0n) is 11.7. The first-order chi connectivity index (χ1) is 9.43. The summed E-state index contributed by atoms with van der Waals surface area (Å²) in [6, 6.07) is 8.91. The Morgan fingerprint density at radius 2 is 1.95 bits per heavy atom. The van der Waals surface area contributed by atoms with Crippen LogP contribution >= 0.6 is 0 Å². The van der Waals surface area contributed by atoms with Crippen molar-refractivity contribution < 1.29 is 17.9 Å². The molecule has 1 rings (SSSR count). The second-order valence-corrected chi connectivity index (χ2v) is 6.34. The van der Waals surface area contributed by atoms with E-state index < -0.39 is 10.0 Å². The Morgan fingerprint density at radius 1 is 1.30 bits per heavy atom. The number of nitrogens with one attached hydrogen (secondary N) is 1. The van der Waals surface area contributed by atoms with E-state index in [1.54, 1.807) is 31.4 Å². The highest BCUT2D eigenvalue weighted by Gasteiger charge is 2.19. The van der Waals surface area contributed by atoms with Gasteiger partial charge in [-0.2, -0.15) is 4.31 Å². The molecule has 0 aliphatic rings. The van der Waals surface area contributed by atoms with E-state index in [1.165, 1.54) is 0 Å². The number of carbonyl (C=O) groups is 1. The summed E-state index contributed by atoms with van der Waals surface area (Å²) in [7, 11) is -1.87. The molecular weight excluding hydrogens is 280 g/mol. The molecule has 0 bridgehead atoms. The smallest absolute Gasteiger partial charge is 0.239 e. The van der Waals surface area contributed by atoms with E-state index in [9.17, 15) is 13.2 Å². The van der Waals surface area contributed by atoms with Crippen molar-refractivity contribution in [2.45, 2.75) is 6.42 Å². The zero-order valence-corrected chi connectivity index (χ0v) is 12.5. The van der Waals surface area contributed by atoms with Gasteiger partial charge in [-0.3, -0.25) is 4.79 Å². The maximum Gasteiger partial charge on any atom is 0.239 e. The molecule has 0 aromatic heterocycles. The molecule has 1 amide bonds. The van der Waals surface area contributed by atoms with E-state index in [0.29, 0.717) is 18.7 Å². The SMILES string of the molecule is COCCCN(CC(=O)Nc1ccccc1)S(C)(=O)=O. The summed E-state index contributed by atoms with van der Waals surface area (Å²) >= 11 is 0. The summed E-state index contributed by atoms with van der Waals surface area (Å²) < 4.78 is 29.3. The molecule has 0 unspecified atom stereocenters. The Hall–Kier alpha value is -1.44. The predicted octanol–water partition coefficient (Wildman–Crippen LogP) is 0.923. The van der Waals surface area contributed by atoms with E-state index >= 15 is 0 Å². The maximum atomic E-state index is 11.9. The Balaban J connectivity index is 2.58. The summed E-state index contributed by atoms with van der Waals surface area (Å²) in [6.45, 7) is 0.513. The van der Waals surface area contributed by atoms with Crippen molar-refractivity contribution in [1.82, 2.24) is 4.31 Å². The van der Waals surface area contributed by atoms with Crippen molar-refractivity contribution >= 4 is 21.6 Å². The van der Waals surface area contributed by atoms with Crippen LogP contribution in [-0.4, -0.2) is 51.7 Å². The average molecular weight is 300 g/mol. The normalized spacial score (nSPS) is 11.6. The fourth-order valence-corrected chi connectivity index (χ4v) is 2.44. The number of hydrogen-bond acceptors (Lipinski definition) is 4. The van der Waals surface area contributed by atoms with E-state index in [4.69, 9.17) is 4.74 Å². The molecule has 0 fully saturated rings. The van der Waals surface area contributed by atoms with Crippen LogP contribution in [0.4, 0.5) is 5.69 Å². The minimum absolute atomic E-state index is 0.197. The summed E-state index contributed by atoms with van der Waals surface area (Å²) in [5.41, 5.74) is 0.642. The highest BCUT2D eigenvalue weighted by atomic mass is 32.2. The van der Waals surface area contributed by atoms with Crippen LogP contribution in [0, 0.1) is 0 Å². The second kappa shape index (κ2) is 7.98. The third-order valence-electron chi connectivity index (χ3n) is 2.60. The van der Waals surface area contributed by atoms with Crippen LogP contribution < -0.4 is 5.32 Å². The first-order valence-corrected chi connectivity index (χ1v) is 8.07. The molecule has 0 radical (unpaired) electrons. The molecule has 0 aliphatic heterocycles. The summed E-state index contributed by atoms with van der Waals surface area (Å²) in [5.74, 6) is -0.362. The molecule has 1 aromatic rings. The molecule has 0 saturated carbocycles. The van der Waals surface area contributed by atoms with Gasteiger partial charge in [-0.25, -0.2) is 8.42 Å². The fourth-order valence-electron chi connectivity index (χ4n) is 1.63. The lowest BCUT2D eigenvalue weighted by molar-refractivity contribution is -0.116. The zero-order chi connectivity index (χ0) is 15.0. The minimum atomic E-state index is -3.42. The Kier molecular flexibility index (Phi) is 6.63. The van der Waals surface area contributed by atoms with E-state index in [-0.39, 0.29) is 19.0 Å². The molecule has 0 saturated heterocycles. The van der Waals surface area contributed by atoms with Crippen molar-refractivity contribution in [2.75, 3.05) is 38.4 Å². The molecule has 1 N–H and O–H groups in total. The minimum Gasteiger partial charge on any atom is -0.385 e. The number of ether oxygens (including phenoxy) is 1. The first-order valence-electron chi connectivity index (χ1n) is 6.22. The molecule has 20 heavy (non-hydrogen) atoms. The van der Waals surface area contributed by atoms with E-state index in [0.717, 1.165) is 10.6 Å². The number of para-hydroxylation sites is 1. The van der Waals surface area contributed by atoms with Crippen molar-refractivity contribution in [1.29, 1.82) is 0 Å². The number of anilines is 1. The van der Waals surface area contributed by atoms with Gasteiger partial charge in [-0.15, -0.1) is 0 Å². The van der Waals surface area contributed by atoms with Gasteiger partial charge in [0.05, 0.1) is 12.8 Å². The highest BCUT2D eigenvalue weighted by Crippen LogP contribution is 2.06. The van der Waals surface area contributed by atoms with E-state index in [1.807, 2.05) is 6.07 Å². The first kappa shape index (κ1) is 16.6. The third kappa shape index (κ3) is 6.14. The number of rotatable bonds is 8. The van der Waals surface area contributed by atoms with Crippen LogP contribution in [0.15, 0.2) is 30.3 Å². The van der Waals surface area contributed by atoms with E-state index in [2.05, 4.69) is 5.32 Å². The van der Waals surface area contributed by atoms with Gasteiger partial charge in [0.15, 0.2) is 0 Å². The van der Waals surface area contributed by atoms with Crippen molar-refractivity contribution in [2.24, 2.45) is 0 Å². The molecule has 0 aliphatic carbocycles. The van der Waals surface area contributed by atoms with Gasteiger partial charge in [0, 0.05) is 25.9 Å². The van der Waals surface area contributed by atoms with Gasteiger partial charge >= 0.3 is 0 Å². The van der Waals surface area contributed by atoms with Crippen molar-refractivity contribution in [3.05, 3.63) is 30.3 Å². The standard InChI is InChI=1S/C13H20N2O4S/c1-19-10-6-9-15(20(2,17)18)11-13(16)14-12-7-4-3-5-8-12/h3-5,7-8H,6,9-11H2,1-2H3,(H,14,16). The molecule has 1 aromatic carbocycles. The summed E-state index contributed by atoms with van der Waals surface area (Å²) in [4.78, 5) is 11.9. The fraction of sp³-hybridized carbons (Fsp3) is 0.462. The monoisotopic (exact) mass is 300 g/mol. The predicted molar refractivity (Wildman–Crippen MR) is 78.0 cm³/mol. The van der Waals surface area contributed by atoms with Crippen molar-refractivity contribution in [3.63, 3.8) is 0 Å². The van der Waals surface area contributed by atoms with Crippen LogP contribution in [0.3, 0.4) is 0 Å². The lowest BCUT2D eigenvalue weighted by atomic mass is 10.3. The Bertz CT molecular complexity index is 516. The molecule has 0 heterocycles. The number of benzene rings is 1. The number of hydrogen-bond donors (Lipinski definition) is 1. The summed E-state index contributed by atoms with van der Waals surface area (Å²) in [5, 5.41) is 2.66. The molecule has 7 heteroatoms. The molecule has 112 valence electrons. The average Bonchev–Trinajstić information content (AvgIpc) is 2.38. The topological polar surface area (TPSA) is 75.7 Å². The van der Waals surface area contributed by atoms with Gasteiger partial charge in [-0.05, 0) is 18.6 Å². The van der Waals surface area contributed by atoms with Crippen LogP contribution in [0.5, 0.6) is 0 Å². The van der Waals surface area contributed by atoms with Gasteiger partial charge in [-0.1, -0.05) is 18.2 Å². The molecular formula is C13H20N2O4S. The van der Waals surface area contributed by atoms with Crippen LogP contribution in [-0.2, 0) is 19.6 Å². The van der Waals surface area contributed by atoms with Crippen LogP contribution in [0.1, 0.15) is 6.42 Å². The Morgan fingerprint density at radius 3 is 2.50 bits per heavy atom. The summed E-state index contributed by atoms with van der Waals surface area (Å²) in [6.07, 6.45) is 1.64.